The Bertz CT molecular complexity index is 777. The predicted molar refractivity (Wildman–Crippen MR) is 89.7 cm³/mol. The van der Waals surface area contributed by atoms with E-state index in [-0.39, 0.29) is 11.9 Å². The van der Waals surface area contributed by atoms with E-state index in [1.165, 1.54) is 0 Å². The van der Waals surface area contributed by atoms with Gasteiger partial charge in [0.2, 0.25) is 5.91 Å². The van der Waals surface area contributed by atoms with Crippen LogP contribution in [0.1, 0.15) is 30.9 Å². The average molecular weight is 379 g/mol. The van der Waals surface area contributed by atoms with Crippen molar-refractivity contribution in [1.82, 2.24) is 0 Å². The minimum Gasteiger partial charge on any atom is -0.455 e. The molecule has 1 atom stereocenters. The van der Waals surface area contributed by atoms with Gasteiger partial charge in [-0.1, -0.05) is 33.6 Å². The van der Waals surface area contributed by atoms with Crippen LogP contribution in [-0.4, -0.2) is 5.91 Å². The van der Waals surface area contributed by atoms with Gasteiger partial charge in [0.15, 0.2) is 5.75 Å². The Kier molecular flexibility index (Phi) is 3.39. The quantitative estimate of drug-likeness (QED) is 0.608. The fourth-order valence-electron chi connectivity index (χ4n) is 3.22. The zero-order chi connectivity index (χ0) is 15.3. The molecule has 0 N–H and O–H groups in total. The first-order valence-corrected chi connectivity index (χ1v) is 8.39. The highest BCUT2D eigenvalue weighted by Crippen LogP contribution is 2.48. The lowest BCUT2D eigenvalue weighted by Crippen LogP contribution is -2.37. The van der Waals surface area contributed by atoms with Crippen LogP contribution < -0.4 is 9.64 Å². The molecule has 2 heterocycles. The maximum atomic E-state index is 12.6. The Labute approximate surface area is 142 Å². The van der Waals surface area contributed by atoms with Crippen molar-refractivity contribution in [2.45, 2.75) is 25.3 Å². The summed E-state index contributed by atoms with van der Waals surface area (Å²) in [5, 5.41) is 0.603. The molecule has 112 valence electrons. The highest BCUT2D eigenvalue weighted by molar-refractivity contribution is 9.10. The van der Waals surface area contributed by atoms with E-state index >= 15 is 0 Å². The summed E-state index contributed by atoms with van der Waals surface area (Å²) in [7, 11) is 0. The molecule has 2 aromatic rings. The van der Waals surface area contributed by atoms with Gasteiger partial charge in [-0.2, -0.15) is 0 Å². The molecule has 0 bridgehead atoms. The van der Waals surface area contributed by atoms with Crippen molar-refractivity contribution in [2.24, 2.45) is 0 Å². The summed E-state index contributed by atoms with van der Waals surface area (Å²) < 4.78 is 7.05. The molecule has 4 rings (SSSR count). The number of benzene rings is 2. The second-order valence-corrected chi connectivity index (χ2v) is 6.92. The van der Waals surface area contributed by atoms with Gasteiger partial charge in [-0.15, -0.1) is 0 Å². The fraction of sp³-hybridized carbons (Fsp3) is 0.235. The van der Waals surface area contributed by atoms with Gasteiger partial charge in [0.1, 0.15) is 5.75 Å². The summed E-state index contributed by atoms with van der Waals surface area (Å²) in [5.74, 6) is 1.58. The molecule has 22 heavy (non-hydrogen) atoms. The monoisotopic (exact) mass is 377 g/mol. The summed E-state index contributed by atoms with van der Waals surface area (Å²) >= 11 is 9.63. The third kappa shape index (κ3) is 2.22. The Hall–Kier alpha value is -1.52. The zero-order valence-corrected chi connectivity index (χ0v) is 14.0. The number of amides is 1. The number of nitrogens with zero attached hydrogens (tertiary/aromatic N) is 1. The van der Waals surface area contributed by atoms with Gasteiger partial charge in [-0.3, -0.25) is 4.79 Å². The normalized spacial score (nSPS) is 19.6. The van der Waals surface area contributed by atoms with Crippen LogP contribution in [0.5, 0.6) is 11.5 Å². The molecular weight excluding hydrogens is 366 g/mol. The first-order chi connectivity index (χ1) is 10.6. The Morgan fingerprint density at radius 3 is 2.91 bits per heavy atom. The molecule has 0 saturated carbocycles. The molecule has 1 amide bonds. The van der Waals surface area contributed by atoms with Crippen molar-refractivity contribution < 1.29 is 9.53 Å². The minimum atomic E-state index is 0.00377. The lowest BCUT2D eigenvalue weighted by atomic mass is 9.94. The number of piperidine rings is 1. The van der Waals surface area contributed by atoms with Gasteiger partial charge in [0.05, 0.1) is 11.7 Å². The number of anilines is 1. The first-order valence-electron chi connectivity index (χ1n) is 7.22. The van der Waals surface area contributed by atoms with E-state index in [4.69, 9.17) is 16.3 Å². The fourth-order valence-corrected chi connectivity index (χ4v) is 3.73. The van der Waals surface area contributed by atoms with E-state index in [1.54, 1.807) is 6.07 Å². The summed E-state index contributed by atoms with van der Waals surface area (Å²) in [4.78, 5) is 14.4. The van der Waals surface area contributed by atoms with Crippen molar-refractivity contribution in [2.75, 3.05) is 4.90 Å². The largest absolute Gasteiger partial charge is 0.455 e. The zero-order valence-electron chi connectivity index (χ0n) is 11.7. The summed E-state index contributed by atoms with van der Waals surface area (Å²) in [6, 6.07) is 11.4. The molecule has 2 aliphatic heterocycles. The lowest BCUT2D eigenvalue weighted by molar-refractivity contribution is -0.120. The number of ether oxygens (including phenoxy) is 1. The molecule has 0 radical (unpaired) electrons. The number of hydrogen-bond donors (Lipinski definition) is 0. The van der Waals surface area contributed by atoms with Crippen LogP contribution in [-0.2, 0) is 4.79 Å². The molecule has 2 aliphatic rings. The van der Waals surface area contributed by atoms with E-state index in [0.29, 0.717) is 17.2 Å². The third-order valence-corrected chi connectivity index (χ3v) is 4.91. The molecule has 0 aliphatic carbocycles. The van der Waals surface area contributed by atoms with Crippen LogP contribution >= 0.6 is 27.5 Å². The Balaban J connectivity index is 1.97. The van der Waals surface area contributed by atoms with Crippen molar-refractivity contribution in [3.05, 3.63) is 51.5 Å². The maximum Gasteiger partial charge on any atom is 0.227 e. The van der Waals surface area contributed by atoms with Gasteiger partial charge in [0.25, 0.3) is 0 Å². The van der Waals surface area contributed by atoms with Crippen molar-refractivity contribution in [3.8, 4) is 11.5 Å². The molecule has 3 nitrogen and oxygen atoms in total. The Morgan fingerprint density at radius 2 is 2.05 bits per heavy atom. The number of rotatable bonds is 0. The van der Waals surface area contributed by atoms with Crippen LogP contribution in [0.15, 0.2) is 40.9 Å². The molecule has 2 aromatic carbocycles. The molecule has 5 heteroatoms. The van der Waals surface area contributed by atoms with Crippen molar-refractivity contribution in [1.29, 1.82) is 0 Å². The topological polar surface area (TPSA) is 29.5 Å². The first kappa shape index (κ1) is 14.1. The van der Waals surface area contributed by atoms with Gasteiger partial charge in [-0.05, 0) is 43.2 Å². The summed E-state index contributed by atoms with van der Waals surface area (Å²) in [6.45, 7) is 0. The number of carbonyl (C=O) groups is 1. The average Bonchev–Trinajstić information content (AvgIpc) is 2.62. The van der Waals surface area contributed by atoms with Gasteiger partial charge >= 0.3 is 0 Å². The molecular formula is C17H13BrClNO2. The Morgan fingerprint density at radius 1 is 1.18 bits per heavy atom. The van der Waals surface area contributed by atoms with Crippen molar-refractivity contribution >= 4 is 39.1 Å². The number of halogens is 2. The van der Waals surface area contributed by atoms with E-state index < -0.39 is 0 Å². The maximum absolute atomic E-state index is 12.6. The van der Waals surface area contributed by atoms with E-state index in [1.807, 2.05) is 35.2 Å². The van der Waals surface area contributed by atoms with E-state index in [2.05, 4.69) is 15.9 Å². The molecule has 1 fully saturated rings. The van der Waals surface area contributed by atoms with Gasteiger partial charge in [-0.25, -0.2) is 0 Å². The van der Waals surface area contributed by atoms with Crippen LogP contribution in [0.4, 0.5) is 5.69 Å². The SMILES string of the molecule is O=C1CCCC2c3ccc(Br)cc3Oc3ccc(Cl)cc3N12. The van der Waals surface area contributed by atoms with E-state index in [0.717, 1.165) is 34.3 Å². The van der Waals surface area contributed by atoms with Gasteiger partial charge in [0, 0.05) is 21.5 Å². The predicted octanol–water partition coefficient (Wildman–Crippen LogP) is 5.47. The van der Waals surface area contributed by atoms with E-state index in [9.17, 15) is 4.79 Å². The van der Waals surface area contributed by atoms with Crippen LogP contribution in [0.25, 0.3) is 0 Å². The van der Waals surface area contributed by atoms with Crippen molar-refractivity contribution in [3.63, 3.8) is 0 Å². The molecule has 1 saturated heterocycles. The lowest BCUT2D eigenvalue weighted by Gasteiger charge is -2.34. The summed E-state index contributed by atoms with van der Waals surface area (Å²) in [5.41, 5.74) is 1.80. The minimum absolute atomic E-state index is 0.00377. The molecule has 0 aromatic heterocycles. The standard InChI is InChI=1S/C17H13BrClNO2/c18-10-4-6-12-13-2-1-3-17(21)20(13)14-9-11(19)5-7-15(14)22-16(12)8-10/h4-9,13H,1-3H2. The second kappa shape index (κ2) is 5.28. The third-order valence-electron chi connectivity index (χ3n) is 4.18. The summed E-state index contributed by atoms with van der Waals surface area (Å²) in [6.07, 6.45) is 2.38. The van der Waals surface area contributed by atoms with Crippen LogP contribution in [0.3, 0.4) is 0 Å². The second-order valence-electron chi connectivity index (χ2n) is 5.57. The highest BCUT2D eigenvalue weighted by Gasteiger charge is 2.36. The highest BCUT2D eigenvalue weighted by atomic mass is 79.9. The molecule has 1 unspecified atom stereocenters. The van der Waals surface area contributed by atoms with Crippen LogP contribution in [0, 0.1) is 0 Å². The number of carbonyl (C=O) groups excluding carboxylic acids is 1. The smallest absolute Gasteiger partial charge is 0.227 e. The number of hydrogen-bond acceptors (Lipinski definition) is 2. The van der Waals surface area contributed by atoms with Crippen LogP contribution in [0.2, 0.25) is 5.02 Å². The number of fused-ring (bicyclic) bond motifs is 5. The van der Waals surface area contributed by atoms with Gasteiger partial charge < -0.3 is 9.64 Å². The molecule has 0 spiro atoms.